The van der Waals surface area contributed by atoms with Gasteiger partial charge in [-0.05, 0) is 48.5 Å². The van der Waals surface area contributed by atoms with Gasteiger partial charge >= 0.3 is 0 Å². The van der Waals surface area contributed by atoms with Gasteiger partial charge < -0.3 is 38.9 Å². The minimum absolute atomic E-state index is 0.133. The zero-order valence-electron chi connectivity index (χ0n) is 29.0. The number of fused-ring (bicyclic) bond motifs is 9. The van der Waals surface area contributed by atoms with Crippen molar-refractivity contribution in [2.45, 2.75) is 0 Å². The Balaban J connectivity index is 1.11. The molecule has 0 aliphatic rings. The highest BCUT2D eigenvalue weighted by atomic mass is 16.4. The molecule has 56 heavy (non-hydrogen) atoms. The average molecular weight is 735 g/mol. The standard InChI is InChI=1S/C45H26N4O7/c50-38-37(39(51)41(53)42(54)40(38)52)45-47-43(46-44(48-45)29-11-7-15-33-36(29)28-10-3-6-14-32(28)55-33)22-16-18-26-27-19-17-23(21-35(27)56-34(26)20-22)49-30-12-4-1-8-24(30)25-9-2-5-13-31(25)49/h1-21,50-54H. The Bertz CT molecular complexity index is 3370. The van der Waals surface area contributed by atoms with Crippen molar-refractivity contribution < 1.29 is 34.4 Å². The van der Waals surface area contributed by atoms with E-state index in [1.54, 1.807) is 12.1 Å². The zero-order valence-corrected chi connectivity index (χ0v) is 29.0. The lowest BCUT2D eigenvalue weighted by atomic mass is 10.0. The van der Waals surface area contributed by atoms with Gasteiger partial charge in [-0.3, -0.25) is 0 Å². The van der Waals surface area contributed by atoms with Crippen LogP contribution in [0.1, 0.15) is 0 Å². The first-order valence-electron chi connectivity index (χ1n) is 17.6. The number of aromatic nitrogens is 4. The lowest BCUT2D eigenvalue weighted by Crippen LogP contribution is -2.01. The Morgan fingerprint density at radius 1 is 0.411 bits per heavy atom. The first kappa shape index (κ1) is 31.5. The summed E-state index contributed by atoms with van der Waals surface area (Å²) in [4.78, 5) is 14.1. The fraction of sp³-hybridized carbons (Fsp3) is 0. The van der Waals surface area contributed by atoms with Gasteiger partial charge in [-0.15, -0.1) is 0 Å². The van der Waals surface area contributed by atoms with Gasteiger partial charge in [0.15, 0.2) is 29.0 Å². The highest BCUT2D eigenvalue weighted by Gasteiger charge is 2.28. The molecule has 268 valence electrons. The second-order valence-corrected chi connectivity index (χ2v) is 13.6. The van der Waals surface area contributed by atoms with Crippen LogP contribution in [0.15, 0.2) is 136 Å². The first-order valence-corrected chi connectivity index (χ1v) is 17.6. The number of hydrogen-bond donors (Lipinski definition) is 5. The van der Waals surface area contributed by atoms with Crippen LogP contribution in [-0.4, -0.2) is 45.1 Å². The number of para-hydroxylation sites is 3. The summed E-state index contributed by atoms with van der Waals surface area (Å²) in [5.74, 6) is -5.06. The van der Waals surface area contributed by atoms with Crippen LogP contribution < -0.4 is 0 Å². The molecule has 11 nitrogen and oxygen atoms in total. The van der Waals surface area contributed by atoms with Crippen LogP contribution >= 0.6 is 0 Å². The summed E-state index contributed by atoms with van der Waals surface area (Å²) in [6.07, 6.45) is 0. The number of phenols is 5. The number of aromatic hydroxyl groups is 5. The van der Waals surface area contributed by atoms with Gasteiger partial charge in [0.1, 0.15) is 27.9 Å². The molecule has 0 saturated carbocycles. The highest BCUT2D eigenvalue weighted by Crippen LogP contribution is 2.54. The van der Waals surface area contributed by atoms with Gasteiger partial charge in [-0.25, -0.2) is 15.0 Å². The molecule has 0 amide bonds. The quantitative estimate of drug-likeness (QED) is 0.0865. The van der Waals surface area contributed by atoms with E-state index in [-0.39, 0.29) is 17.5 Å². The van der Waals surface area contributed by atoms with Gasteiger partial charge in [0.25, 0.3) is 0 Å². The van der Waals surface area contributed by atoms with Crippen LogP contribution in [0.5, 0.6) is 28.7 Å². The summed E-state index contributed by atoms with van der Waals surface area (Å²) < 4.78 is 14.9. The summed E-state index contributed by atoms with van der Waals surface area (Å²) in [5.41, 5.74) is 6.16. The summed E-state index contributed by atoms with van der Waals surface area (Å²) >= 11 is 0. The van der Waals surface area contributed by atoms with E-state index < -0.39 is 34.3 Å². The van der Waals surface area contributed by atoms with Gasteiger partial charge in [-0.1, -0.05) is 72.8 Å². The predicted octanol–water partition coefficient (Wildman–Crippen LogP) is 10.3. The Kier molecular flexibility index (Phi) is 6.45. The number of furan rings is 2. The lowest BCUT2D eigenvalue weighted by Gasteiger charge is -2.13. The van der Waals surface area contributed by atoms with Crippen LogP contribution in [0, 0.1) is 0 Å². The van der Waals surface area contributed by atoms with Crippen LogP contribution in [0.25, 0.3) is 106 Å². The minimum atomic E-state index is -1.09. The molecule has 0 atom stereocenters. The first-order chi connectivity index (χ1) is 27.3. The van der Waals surface area contributed by atoms with Crippen LogP contribution in [0.4, 0.5) is 0 Å². The molecular weight excluding hydrogens is 709 g/mol. The van der Waals surface area contributed by atoms with Gasteiger partial charge in [0, 0.05) is 55.2 Å². The van der Waals surface area contributed by atoms with E-state index in [2.05, 4.69) is 44.9 Å². The molecule has 4 aromatic heterocycles. The van der Waals surface area contributed by atoms with Crippen molar-refractivity contribution in [2.75, 3.05) is 0 Å². The maximum Gasteiger partial charge on any atom is 0.208 e. The third-order valence-electron chi connectivity index (χ3n) is 10.4. The molecule has 0 fully saturated rings. The Morgan fingerprint density at radius 3 is 1.70 bits per heavy atom. The zero-order chi connectivity index (χ0) is 37.8. The molecule has 0 bridgehead atoms. The van der Waals surface area contributed by atoms with Gasteiger partial charge in [-0.2, -0.15) is 0 Å². The monoisotopic (exact) mass is 734 g/mol. The summed E-state index contributed by atoms with van der Waals surface area (Å²) in [6.45, 7) is 0. The van der Waals surface area contributed by atoms with Crippen LogP contribution in [-0.2, 0) is 0 Å². The van der Waals surface area contributed by atoms with Gasteiger partial charge in [0.2, 0.25) is 17.2 Å². The number of phenolic OH excluding ortho intramolecular Hbond substituents is 5. The molecule has 11 rings (SSSR count). The van der Waals surface area contributed by atoms with Crippen molar-refractivity contribution in [1.82, 2.24) is 19.5 Å². The van der Waals surface area contributed by atoms with Crippen molar-refractivity contribution in [3.05, 3.63) is 127 Å². The maximum absolute atomic E-state index is 11.0. The van der Waals surface area contributed by atoms with Crippen molar-refractivity contribution in [1.29, 1.82) is 0 Å². The SMILES string of the molecule is Oc1c(O)c(O)c(-c2nc(-c3ccc4c(c3)oc3cc(-n5c6ccccc6c6ccccc65)ccc34)nc(-c3cccc4oc5ccccc5c34)n2)c(O)c1O. The fourth-order valence-corrected chi connectivity index (χ4v) is 7.84. The molecule has 7 aromatic carbocycles. The Hall–Kier alpha value is -8.05. The largest absolute Gasteiger partial charge is 0.504 e. The van der Waals surface area contributed by atoms with E-state index >= 15 is 0 Å². The van der Waals surface area contributed by atoms with Crippen molar-refractivity contribution >= 4 is 65.7 Å². The van der Waals surface area contributed by atoms with E-state index in [1.165, 1.54) is 0 Å². The number of benzene rings is 7. The molecule has 0 aliphatic carbocycles. The Morgan fingerprint density at radius 2 is 0.964 bits per heavy atom. The van der Waals surface area contributed by atoms with Crippen molar-refractivity contribution in [3.63, 3.8) is 0 Å². The van der Waals surface area contributed by atoms with Crippen LogP contribution in [0.2, 0.25) is 0 Å². The smallest absolute Gasteiger partial charge is 0.208 e. The maximum atomic E-state index is 11.0. The normalized spacial score (nSPS) is 11.9. The van der Waals surface area contributed by atoms with E-state index in [4.69, 9.17) is 13.8 Å². The van der Waals surface area contributed by atoms with E-state index in [0.29, 0.717) is 33.5 Å². The van der Waals surface area contributed by atoms with Crippen molar-refractivity contribution in [2.24, 2.45) is 0 Å². The predicted molar refractivity (Wildman–Crippen MR) is 213 cm³/mol. The molecule has 11 aromatic rings. The minimum Gasteiger partial charge on any atom is -0.504 e. The van der Waals surface area contributed by atoms with Crippen molar-refractivity contribution in [3.8, 4) is 68.6 Å². The highest BCUT2D eigenvalue weighted by molar-refractivity contribution is 6.12. The fourth-order valence-electron chi connectivity index (χ4n) is 7.84. The number of rotatable bonds is 4. The molecule has 4 heterocycles. The Labute approximate surface area is 314 Å². The van der Waals surface area contributed by atoms with E-state index in [1.807, 2.05) is 84.9 Å². The third kappa shape index (κ3) is 4.42. The summed E-state index contributed by atoms with van der Waals surface area (Å²) in [6, 6.07) is 41.3. The van der Waals surface area contributed by atoms with E-state index in [0.717, 1.165) is 49.0 Å². The van der Waals surface area contributed by atoms with E-state index in [9.17, 15) is 25.5 Å². The average Bonchev–Trinajstić information content (AvgIpc) is 3.91. The molecule has 0 aliphatic heterocycles. The lowest BCUT2D eigenvalue weighted by molar-refractivity contribution is 0.329. The number of nitrogens with zero attached hydrogens (tertiary/aromatic N) is 4. The van der Waals surface area contributed by atoms with Crippen LogP contribution in [0.3, 0.4) is 0 Å². The third-order valence-corrected chi connectivity index (χ3v) is 10.4. The molecule has 5 N–H and O–H groups in total. The molecule has 11 heteroatoms. The molecule has 0 spiro atoms. The summed E-state index contributed by atoms with van der Waals surface area (Å²) in [5, 5.41) is 58.6. The molecular formula is C45H26N4O7. The second-order valence-electron chi connectivity index (χ2n) is 13.6. The summed E-state index contributed by atoms with van der Waals surface area (Å²) in [7, 11) is 0. The number of hydrogen-bond acceptors (Lipinski definition) is 10. The topological polar surface area (TPSA) is 171 Å². The molecule has 0 saturated heterocycles. The second kappa shape index (κ2) is 11.5. The van der Waals surface area contributed by atoms with Gasteiger partial charge in [0.05, 0.1) is 11.0 Å². The molecule has 0 unspecified atom stereocenters. The molecule has 0 radical (unpaired) electrons.